The van der Waals surface area contributed by atoms with Crippen LogP contribution in [0.25, 0.3) is 0 Å². The van der Waals surface area contributed by atoms with E-state index >= 15 is 0 Å². The van der Waals surface area contributed by atoms with Gasteiger partial charge in [-0.1, -0.05) is 13.0 Å². The van der Waals surface area contributed by atoms with Crippen molar-refractivity contribution in [2.45, 2.75) is 25.9 Å². The van der Waals surface area contributed by atoms with Crippen LogP contribution in [-0.2, 0) is 6.54 Å². The number of rotatable bonds is 6. The van der Waals surface area contributed by atoms with Crippen LogP contribution in [0.15, 0.2) is 41.3 Å². The number of hydrogen-bond acceptors (Lipinski definition) is 4. The van der Waals surface area contributed by atoms with Gasteiger partial charge in [0.2, 0.25) is 0 Å². The topological polar surface area (TPSA) is 66.5 Å². The van der Waals surface area contributed by atoms with Crippen LogP contribution in [0.1, 0.15) is 30.5 Å². The molecule has 0 saturated carbocycles. The third-order valence-corrected chi connectivity index (χ3v) is 3.62. The number of aromatic nitrogens is 1. The highest BCUT2D eigenvalue weighted by atomic mass is 16.5. The lowest BCUT2D eigenvalue weighted by Gasteiger charge is -2.17. The highest BCUT2D eigenvalue weighted by Gasteiger charge is 2.18. The first-order valence-corrected chi connectivity index (χ1v) is 7.29. The second-order valence-corrected chi connectivity index (χ2v) is 5.05. The van der Waals surface area contributed by atoms with Crippen molar-refractivity contribution >= 4 is 0 Å². The van der Waals surface area contributed by atoms with Crippen molar-refractivity contribution in [1.82, 2.24) is 4.57 Å². The minimum absolute atomic E-state index is 0.0604. The van der Waals surface area contributed by atoms with Crippen LogP contribution in [0.4, 0.5) is 0 Å². The lowest BCUT2D eigenvalue weighted by molar-refractivity contribution is 0.389. The lowest BCUT2D eigenvalue weighted by Crippen LogP contribution is -2.28. The molecule has 2 N–H and O–H groups in total. The van der Waals surface area contributed by atoms with Gasteiger partial charge in [0.15, 0.2) is 0 Å². The Morgan fingerprint density at radius 3 is 2.59 bits per heavy atom. The minimum Gasteiger partial charge on any atom is -0.497 e. The predicted octanol–water partition coefficient (Wildman–Crippen LogP) is 2.32. The summed E-state index contributed by atoms with van der Waals surface area (Å²) in [6.45, 7) is 2.71. The van der Waals surface area contributed by atoms with Gasteiger partial charge in [0.05, 0.1) is 20.3 Å². The van der Waals surface area contributed by atoms with E-state index in [9.17, 15) is 4.79 Å². The molecule has 0 amide bonds. The zero-order valence-corrected chi connectivity index (χ0v) is 13.2. The van der Waals surface area contributed by atoms with Crippen molar-refractivity contribution in [3.05, 3.63) is 58.0 Å². The Kier molecular flexibility index (Phi) is 5.22. The Morgan fingerprint density at radius 1 is 1.18 bits per heavy atom. The van der Waals surface area contributed by atoms with E-state index < -0.39 is 6.04 Å². The molecular formula is C17H22N2O3. The fourth-order valence-corrected chi connectivity index (χ4v) is 2.45. The van der Waals surface area contributed by atoms with Crippen LogP contribution in [-0.4, -0.2) is 18.8 Å². The molecule has 0 radical (unpaired) electrons. The molecule has 1 heterocycles. The van der Waals surface area contributed by atoms with Crippen molar-refractivity contribution in [2.75, 3.05) is 14.2 Å². The summed E-state index contributed by atoms with van der Waals surface area (Å²) in [6.07, 6.45) is 2.68. The summed E-state index contributed by atoms with van der Waals surface area (Å²) in [6, 6.07) is 8.48. The second kappa shape index (κ2) is 7.13. The van der Waals surface area contributed by atoms with E-state index in [2.05, 4.69) is 0 Å². The van der Waals surface area contributed by atoms with E-state index in [1.807, 2.05) is 25.1 Å². The van der Waals surface area contributed by atoms with Gasteiger partial charge in [0.25, 0.3) is 5.56 Å². The number of nitrogens with zero attached hydrogens (tertiary/aromatic N) is 1. The van der Waals surface area contributed by atoms with E-state index in [0.29, 0.717) is 23.6 Å². The van der Waals surface area contributed by atoms with Gasteiger partial charge in [-0.3, -0.25) is 4.79 Å². The average molecular weight is 302 g/mol. The summed E-state index contributed by atoms with van der Waals surface area (Å²) in [5, 5.41) is 0. The molecule has 1 unspecified atom stereocenters. The Labute approximate surface area is 130 Å². The first kappa shape index (κ1) is 16.1. The molecule has 0 fully saturated rings. The maximum absolute atomic E-state index is 12.5. The van der Waals surface area contributed by atoms with Gasteiger partial charge in [-0.2, -0.15) is 0 Å². The molecule has 1 aromatic carbocycles. The SMILES string of the molecule is CCCn1cccc(C(N)c2ccc(OC)cc2OC)c1=O. The van der Waals surface area contributed by atoms with Crippen LogP contribution < -0.4 is 20.8 Å². The van der Waals surface area contributed by atoms with Crippen molar-refractivity contribution < 1.29 is 9.47 Å². The van der Waals surface area contributed by atoms with Gasteiger partial charge in [0.1, 0.15) is 11.5 Å². The summed E-state index contributed by atoms with van der Waals surface area (Å²) in [5.74, 6) is 1.29. The van der Waals surface area contributed by atoms with Gasteiger partial charge in [-0.05, 0) is 24.6 Å². The first-order valence-electron chi connectivity index (χ1n) is 7.29. The fourth-order valence-electron chi connectivity index (χ4n) is 2.45. The first-order chi connectivity index (χ1) is 10.6. The number of pyridine rings is 1. The Morgan fingerprint density at radius 2 is 1.95 bits per heavy atom. The minimum atomic E-state index is -0.544. The van der Waals surface area contributed by atoms with Gasteiger partial charge in [-0.25, -0.2) is 0 Å². The molecule has 5 nitrogen and oxygen atoms in total. The summed E-state index contributed by atoms with van der Waals surface area (Å²) in [5.41, 5.74) is 7.57. The van der Waals surface area contributed by atoms with Crippen molar-refractivity contribution in [1.29, 1.82) is 0 Å². The molecule has 5 heteroatoms. The molecule has 2 rings (SSSR count). The molecular weight excluding hydrogens is 280 g/mol. The number of ether oxygens (including phenoxy) is 2. The van der Waals surface area contributed by atoms with Crippen LogP contribution in [0.2, 0.25) is 0 Å². The molecule has 118 valence electrons. The van der Waals surface area contributed by atoms with Gasteiger partial charge < -0.3 is 19.8 Å². The number of nitrogens with two attached hydrogens (primary N) is 1. The van der Waals surface area contributed by atoms with E-state index in [-0.39, 0.29) is 5.56 Å². The normalized spacial score (nSPS) is 12.0. The molecule has 1 aromatic heterocycles. The largest absolute Gasteiger partial charge is 0.497 e. The zero-order valence-electron chi connectivity index (χ0n) is 13.2. The van der Waals surface area contributed by atoms with Gasteiger partial charge >= 0.3 is 0 Å². The highest BCUT2D eigenvalue weighted by Crippen LogP contribution is 2.30. The van der Waals surface area contributed by atoms with Crippen molar-refractivity contribution in [2.24, 2.45) is 5.73 Å². The number of aryl methyl sites for hydroxylation is 1. The summed E-state index contributed by atoms with van der Waals surface area (Å²) in [7, 11) is 3.17. The molecule has 0 aliphatic rings. The predicted molar refractivity (Wildman–Crippen MR) is 86.6 cm³/mol. The maximum Gasteiger partial charge on any atom is 0.255 e. The highest BCUT2D eigenvalue weighted by molar-refractivity contribution is 5.45. The van der Waals surface area contributed by atoms with Crippen LogP contribution in [0, 0.1) is 0 Å². The molecule has 0 spiro atoms. The third kappa shape index (κ3) is 3.14. The molecule has 0 aliphatic heterocycles. The van der Waals surface area contributed by atoms with Crippen LogP contribution >= 0.6 is 0 Å². The summed E-state index contributed by atoms with van der Waals surface area (Å²) in [4.78, 5) is 12.5. The van der Waals surface area contributed by atoms with Crippen molar-refractivity contribution in [3.63, 3.8) is 0 Å². The fraction of sp³-hybridized carbons (Fsp3) is 0.353. The standard InChI is InChI=1S/C17H22N2O3/c1-4-9-19-10-5-6-14(17(19)20)16(18)13-8-7-12(21-2)11-15(13)22-3/h5-8,10-11,16H,4,9,18H2,1-3H3. The molecule has 0 bridgehead atoms. The quantitative estimate of drug-likeness (QED) is 0.889. The third-order valence-electron chi connectivity index (χ3n) is 3.62. The van der Waals surface area contributed by atoms with Gasteiger partial charge in [-0.15, -0.1) is 0 Å². The van der Waals surface area contributed by atoms with E-state index in [0.717, 1.165) is 12.0 Å². The maximum atomic E-state index is 12.5. The smallest absolute Gasteiger partial charge is 0.255 e. The van der Waals surface area contributed by atoms with Crippen LogP contribution in [0.3, 0.4) is 0 Å². The number of hydrogen-bond donors (Lipinski definition) is 1. The van der Waals surface area contributed by atoms with Gasteiger partial charge in [0, 0.05) is 29.9 Å². The zero-order chi connectivity index (χ0) is 16.1. The van der Waals surface area contributed by atoms with E-state index in [1.54, 1.807) is 37.1 Å². The Balaban J connectivity index is 2.46. The van der Waals surface area contributed by atoms with E-state index in [1.165, 1.54) is 0 Å². The average Bonchev–Trinajstić information content (AvgIpc) is 2.55. The molecule has 0 saturated heterocycles. The lowest BCUT2D eigenvalue weighted by atomic mass is 9.99. The number of methoxy groups -OCH3 is 2. The second-order valence-electron chi connectivity index (χ2n) is 5.05. The van der Waals surface area contributed by atoms with E-state index in [4.69, 9.17) is 15.2 Å². The van der Waals surface area contributed by atoms with Crippen molar-refractivity contribution in [3.8, 4) is 11.5 Å². The molecule has 0 aliphatic carbocycles. The summed E-state index contributed by atoms with van der Waals surface area (Å²) >= 11 is 0. The Bertz CT molecular complexity index is 695. The Hall–Kier alpha value is -2.27. The molecule has 22 heavy (non-hydrogen) atoms. The molecule has 1 atom stereocenters. The summed E-state index contributed by atoms with van der Waals surface area (Å²) < 4.78 is 12.3. The van der Waals surface area contributed by atoms with Crippen LogP contribution in [0.5, 0.6) is 11.5 Å². The monoisotopic (exact) mass is 302 g/mol. The number of benzene rings is 1. The molecule has 2 aromatic rings.